The Labute approximate surface area is 99.2 Å². The van der Waals surface area contributed by atoms with E-state index in [1.807, 2.05) is 0 Å². The van der Waals surface area contributed by atoms with Gasteiger partial charge in [-0.2, -0.15) is 0 Å². The third kappa shape index (κ3) is 4.97. The summed E-state index contributed by atoms with van der Waals surface area (Å²) < 4.78 is 0. The maximum atomic E-state index is 11.7. The zero-order valence-corrected chi connectivity index (χ0v) is 10.5. The van der Waals surface area contributed by atoms with Crippen molar-refractivity contribution in [3.63, 3.8) is 0 Å². The maximum absolute atomic E-state index is 11.7. The minimum absolute atomic E-state index is 0.189. The zero-order valence-electron chi connectivity index (χ0n) is 10.5. The van der Waals surface area contributed by atoms with Gasteiger partial charge in [0.25, 0.3) is 0 Å². The predicted octanol–water partition coefficient (Wildman–Crippen LogP) is 2.20. The molecule has 1 unspecified atom stereocenters. The van der Waals surface area contributed by atoms with Crippen LogP contribution < -0.4 is 11.1 Å². The second kappa shape index (κ2) is 7.66. The highest BCUT2D eigenvalue weighted by Gasteiger charge is 2.18. The van der Waals surface area contributed by atoms with Gasteiger partial charge in [-0.05, 0) is 18.8 Å². The summed E-state index contributed by atoms with van der Waals surface area (Å²) in [6.07, 6.45) is 9.08. The topological polar surface area (TPSA) is 55.1 Å². The Morgan fingerprint density at radius 2 is 2.25 bits per heavy atom. The van der Waals surface area contributed by atoms with Crippen molar-refractivity contribution in [3.05, 3.63) is 0 Å². The fourth-order valence-corrected chi connectivity index (χ4v) is 2.12. The Morgan fingerprint density at radius 1 is 1.50 bits per heavy atom. The van der Waals surface area contributed by atoms with Crippen LogP contribution in [-0.2, 0) is 4.79 Å². The Bertz CT molecular complexity index is 202. The summed E-state index contributed by atoms with van der Waals surface area (Å²) in [6, 6.07) is 0.189. The van der Waals surface area contributed by atoms with Gasteiger partial charge in [0.15, 0.2) is 0 Å². The molecule has 1 amide bonds. The van der Waals surface area contributed by atoms with Gasteiger partial charge in [0.1, 0.15) is 0 Å². The monoisotopic (exact) mass is 226 g/mol. The van der Waals surface area contributed by atoms with Gasteiger partial charge in [-0.3, -0.25) is 4.79 Å². The quantitative estimate of drug-likeness (QED) is 0.666. The molecular weight excluding hydrogens is 200 g/mol. The smallest absolute Gasteiger partial charge is 0.220 e. The molecule has 0 aromatic rings. The summed E-state index contributed by atoms with van der Waals surface area (Å²) in [6.45, 7) is 2.72. The lowest BCUT2D eigenvalue weighted by atomic mass is 9.82. The molecule has 0 aromatic carbocycles. The van der Waals surface area contributed by atoms with E-state index in [4.69, 9.17) is 5.73 Å². The third-order valence-corrected chi connectivity index (χ3v) is 3.56. The largest absolute Gasteiger partial charge is 0.352 e. The molecule has 0 saturated heterocycles. The minimum atomic E-state index is 0.189. The van der Waals surface area contributed by atoms with E-state index in [0.29, 0.717) is 13.0 Å². The van der Waals surface area contributed by atoms with Gasteiger partial charge >= 0.3 is 0 Å². The first-order chi connectivity index (χ1) is 7.76. The number of hydrogen-bond donors (Lipinski definition) is 2. The van der Waals surface area contributed by atoms with Crippen LogP contribution in [0.2, 0.25) is 0 Å². The molecule has 16 heavy (non-hydrogen) atoms. The second-order valence-corrected chi connectivity index (χ2v) is 4.98. The van der Waals surface area contributed by atoms with Crippen LogP contribution in [0, 0.1) is 5.92 Å². The van der Waals surface area contributed by atoms with Crippen LogP contribution in [0.1, 0.15) is 58.3 Å². The number of rotatable bonds is 8. The summed E-state index contributed by atoms with van der Waals surface area (Å²) in [5.74, 6) is 1.01. The van der Waals surface area contributed by atoms with E-state index in [1.165, 1.54) is 19.3 Å². The lowest BCUT2D eigenvalue weighted by molar-refractivity contribution is -0.122. The summed E-state index contributed by atoms with van der Waals surface area (Å²) in [7, 11) is 0. The first-order valence-corrected chi connectivity index (χ1v) is 6.75. The Kier molecular flexibility index (Phi) is 6.46. The van der Waals surface area contributed by atoms with Crippen LogP contribution in [-0.4, -0.2) is 18.5 Å². The molecule has 3 heteroatoms. The van der Waals surface area contributed by atoms with E-state index in [2.05, 4.69) is 12.2 Å². The number of carbonyl (C=O) groups excluding carboxylic acids is 1. The molecule has 94 valence electrons. The molecule has 0 heterocycles. The highest BCUT2D eigenvalue weighted by atomic mass is 16.1. The van der Waals surface area contributed by atoms with Gasteiger partial charge < -0.3 is 11.1 Å². The number of carbonyl (C=O) groups is 1. The summed E-state index contributed by atoms with van der Waals surface area (Å²) in [4.78, 5) is 11.7. The lowest BCUT2D eigenvalue weighted by Gasteiger charge is -2.25. The molecule has 1 fully saturated rings. The van der Waals surface area contributed by atoms with E-state index in [-0.39, 0.29) is 11.9 Å². The molecule has 1 aliphatic rings. The number of nitrogens with one attached hydrogen (secondary N) is 1. The number of amides is 1. The predicted molar refractivity (Wildman–Crippen MR) is 67.1 cm³/mol. The van der Waals surface area contributed by atoms with Gasteiger partial charge in [0.05, 0.1) is 0 Å². The molecule has 0 bridgehead atoms. The van der Waals surface area contributed by atoms with Gasteiger partial charge in [0, 0.05) is 19.0 Å². The van der Waals surface area contributed by atoms with Crippen LogP contribution in [0.3, 0.4) is 0 Å². The normalized spacial score (nSPS) is 17.9. The maximum Gasteiger partial charge on any atom is 0.220 e. The van der Waals surface area contributed by atoms with Crippen molar-refractivity contribution in [2.24, 2.45) is 11.7 Å². The average Bonchev–Trinajstić information content (AvgIpc) is 2.22. The average molecular weight is 226 g/mol. The van der Waals surface area contributed by atoms with E-state index >= 15 is 0 Å². The molecular formula is C13H26N2O. The van der Waals surface area contributed by atoms with E-state index in [1.54, 1.807) is 0 Å². The first-order valence-electron chi connectivity index (χ1n) is 6.75. The van der Waals surface area contributed by atoms with E-state index in [9.17, 15) is 4.79 Å². The van der Waals surface area contributed by atoms with Crippen LogP contribution in [0.15, 0.2) is 0 Å². The van der Waals surface area contributed by atoms with E-state index in [0.717, 1.165) is 31.6 Å². The van der Waals surface area contributed by atoms with Crippen molar-refractivity contribution in [2.75, 3.05) is 6.54 Å². The number of nitrogens with two attached hydrogens (primary N) is 1. The highest BCUT2D eigenvalue weighted by molar-refractivity contribution is 5.76. The van der Waals surface area contributed by atoms with Gasteiger partial charge in [0.2, 0.25) is 5.91 Å². The first kappa shape index (κ1) is 13.5. The fraction of sp³-hybridized carbons (Fsp3) is 0.923. The summed E-state index contributed by atoms with van der Waals surface area (Å²) >= 11 is 0. The summed E-state index contributed by atoms with van der Waals surface area (Å²) in [5, 5.41) is 3.04. The molecule has 0 aromatic heterocycles. The SMILES string of the molecule is CCCCC(CN)NC(=O)CCC1CCC1. The molecule has 0 aliphatic heterocycles. The van der Waals surface area contributed by atoms with Crippen molar-refractivity contribution in [2.45, 2.75) is 64.3 Å². The van der Waals surface area contributed by atoms with Crippen molar-refractivity contribution in [1.82, 2.24) is 5.32 Å². The third-order valence-electron chi connectivity index (χ3n) is 3.56. The molecule has 3 nitrogen and oxygen atoms in total. The van der Waals surface area contributed by atoms with Crippen molar-refractivity contribution in [1.29, 1.82) is 0 Å². The van der Waals surface area contributed by atoms with Crippen LogP contribution >= 0.6 is 0 Å². The van der Waals surface area contributed by atoms with Crippen LogP contribution in [0.5, 0.6) is 0 Å². The molecule has 0 radical (unpaired) electrons. The molecule has 1 aliphatic carbocycles. The van der Waals surface area contributed by atoms with Gasteiger partial charge in [-0.15, -0.1) is 0 Å². The molecule has 1 atom stereocenters. The Morgan fingerprint density at radius 3 is 2.75 bits per heavy atom. The van der Waals surface area contributed by atoms with Crippen LogP contribution in [0.4, 0.5) is 0 Å². The van der Waals surface area contributed by atoms with Crippen LogP contribution in [0.25, 0.3) is 0 Å². The second-order valence-electron chi connectivity index (χ2n) is 4.98. The number of unbranched alkanes of at least 4 members (excludes halogenated alkanes) is 1. The molecule has 1 rings (SSSR count). The highest BCUT2D eigenvalue weighted by Crippen LogP contribution is 2.30. The fourth-order valence-electron chi connectivity index (χ4n) is 2.12. The molecule has 3 N–H and O–H groups in total. The zero-order chi connectivity index (χ0) is 11.8. The van der Waals surface area contributed by atoms with Gasteiger partial charge in [-0.1, -0.05) is 39.0 Å². The van der Waals surface area contributed by atoms with Crippen molar-refractivity contribution >= 4 is 5.91 Å². The van der Waals surface area contributed by atoms with E-state index < -0.39 is 0 Å². The Hall–Kier alpha value is -0.570. The van der Waals surface area contributed by atoms with Crippen molar-refractivity contribution in [3.8, 4) is 0 Å². The summed E-state index contributed by atoms with van der Waals surface area (Å²) in [5.41, 5.74) is 5.64. The molecule has 0 spiro atoms. The lowest BCUT2D eigenvalue weighted by Crippen LogP contribution is -2.40. The molecule has 1 saturated carbocycles. The van der Waals surface area contributed by atoms with Gasteiger partial charge in [-0.25, -0.2) is 0 Å². The Balaban J connectivity index is 2.09. The minimum Gasteiger partial charge on any atom is -0.352 e. The van der Waals surface area contributed by atoms with Crippen molar-refractivity contribution < 1.29 is 4.79 Å². The number of hydrogen-bond acceptors (Lipinski definition) is 2. The standard InChI is InChI=1S/C13H26N2O/c1-2-3-7-12(10-14)15-13(16)9-8-11-5-4-6-11/h11-12H,2-10,14H2,1H3,(H,15,16).